The zero-order valence-corrected chi connectivity index (χ0v) is 10.8. The zero-order chi connectivity index (χ0) is 12.5. The fourth-order valence-electron chi connectivity index (χ4n) is 2.64. The van der Waals surface area contributed by atoms with E-state index in [-0.39, 0.29) is 0 Å². The van der Waals surface area contributed by atoms with E-state index < -0.39 is 0 Å². The third kappa shape index (κ3) is 2.06. The van der Waals surface area contributed by atoms with Crippen molar-refractivity contribution in [1.82, 2.24) is 20.3 Å². The highest BCUT2D eigenvalue weighted by Crippen LogP contribution is 2.29. The highest BCUT2D eigenvalue weighted by molar-refractivity contribution is 5.24. The first-order chi connectivity index (χ1) is 8.74. The minimum Gasteiger partial charge on any atom is -0.360 e. The molecule has 1 atom stereocenters. The number of fused-ring (bicyclic) bond motifs is 1. The quantitative estimate of drug-likeness (QED) is 0.898. The topological polar surface area (TPSA) is 55.9 Å². The Kier molecular flexibility index (Phi) is 2.91. The van der Waals surface area contributed by atoms with E-state index in [1.807, 2.05) is 30.9 Å². The lowest BCUT2D eigenvalue weighted by atomic mass is 9.93. The lowest BCUT2D eigenvalue weighted by molar-refractivity contribution is 0.352. The van der Waals surface area contributed by atoms with Crippen molar-refractivity contribution in [2.75, 3.05) is 0 Å². The van der Waals surface area contributed by atoms with E-state index in [0.717, 1.165) is 30.8 Å². The summed E-state index contributed by atoms with van der Waals surface area (Å²) in [4.78, 5) is 0. The second-order valence-electron chi connectivity index (χ2n) is 4.93. The summed E-state index contributed by atoms with van der Waals surface area (Å²) in [6.07, 6.45) is 5.48. The van der Waals surface area contributed by atoms with Crippen molar-refractivity contribution in [3.8, 4) is 0 Å². The van der Waals surface area contributed by atoms with Crippen LogP contribution >= 0.6 is 0 Å². The monoisotopic (exact) mass is 246 g/mol. The zero-order valence-electron chi connectivity index (χ0n) is 10.8. The van der Waals surface area contributed by atoms with Gasteiger partial charge in [-0.05, 0) is 26.2 Å². The van der Waals surface area contributed by atoms with Crippen LogP contribution in [-0.4, -0.2) is 14.9 Å². The van der Waals surface area contributed by atoms with E-state index in [0.29, 0.717) is 6.04 Å². The van der Waals surface area contributed by atoms with Crippen LogP contribution < -0.4 is 5.32 Å². The Balaban J connectivity index is 1.71. The summed E-state index contributed by atoms with van der Waals surface area (Å²) in [5.41, 5.74) is 3.62. The van der Waals surface area contributed by atoms with Crippen LogP contribution in [0.2, 0.25) is 0 Å². The predicted octanol–water partition coefficient (Wildman–Crippen LogP) is 1.88. The standard InChI is InChI=1S/C13H18N4O/c1-9-6-10(18-16-9)7-14-12-4-3-5-13-11(12)8-15-17(13)2/h6,8,12,14H,3-5,7H2,1-2H3. The summed E-state index contributed by atoms with van der Waals surface area (Å²) in [7, 11) is 2.01. The average molecular weight is 246 g/mol. The van der Waals surface area contributed by atoms with Gasteiger partial charge in [0.05, 0.1) is 18.4 Å². The minimum atomic E-state index is 0.382. The molecular formula is C13H18N4O. The van der Waals surface area contributed by atoms with E-state index in [9.17, 15) is 0 Å². The summed E-state index contributed by atoms with van der Waals surface area (Å²) in [5.74, 6) is 0.892. The van der Waals surface area contributed by atoms with Crippen molar-refractivity contribution in [3.63, 3.8) is 0 Å². The smallest absolute Gasteiger partial charge is 0.150 e. The molecule has 0 fully saturated rings. The van der Waals surface area contributed by atoms with Crippen LogP contribution in [0.4, 0.5) is 0 Å². The Morgan fingerprint density at radius 3 is 3.22 bits per heavy atom. The van der Waals surface area contributed by atoms with Crippen LogP contribution in [0.25, 0.3) is 0 Å². The van der Waals surface area contributed by atoms with Gasteiger partial charge in [0.25, 0.3) is 0 Å². The average Bonchev–Trinajstić information content (AvgIpc) is 2.94. The maximum absolute atomic E-state index is 5.22. The lowest BCUT2D eigenvalue weighted by Gasteiger charge is -2.23. The maximum Gasteiger partial charge on any atom is 0.150 e. The molecule has 2 aromatic heterocycles. The second kappa shape index (κ2) is 4.57. The second-order valence-corrected chi connectivity index (χ2v) is 4.93. The van der Waals surface area contributed by atoms with Crippen LogP contribution in [0, 0.1) is 6.92 Å². The van der Waals surface area contributed by atoms with Gasteiger partial charge >= 0.3 is 0 Å². The van der Waals surface area contributed by atoms with E-state index in [1.54, 1.807) is 0 Å². The third-order valence-electron chi connectivity index (χ3n) is 3.58. The van der Waals surface area contributed by atoms with Crippen molar-refractivity contribution in [2.24, 2.45) is 7.05 Å². The molecule has 0 saturated heterocycles. The Morgan fingerprint density at radius 1 is 1.56 bits per heavy atom. The van der Waals surface area contributed by atoms with Crippen LogP contribution in [0.3, 0.4) is 0 Å². The number of hydrogen-bond acceptors (Lipinski definition) is 4. The molecule has 0 saturated carbocycles. The summed E-state index contributed by atoms with van der Waals surface area (Å²) in [6, 6.07) is 2.35. The molecule has 0 radical (unpaired) electrons. The molecule has 1 aliphatic carbocycles. The molecule has 2 heterocycles. The molecule has 5 heteroatoms. The van der Waals surface area contributed by atoms with Gasteiger partial charge in [-0.15, -0.1) is 0 Å². The Hall–Kier alpha value is -1.62. The van der Waals surface area contributed by atoms with E-state index >= 15 is 0 Å². The molecular weight excluding hydrogens is 228 g/mol. The molecule has 1 N–H and O–H groups in total. The highest BCUT2D eigenvalue weighted by atomic mass is 16.5. The molecule has 96 valence electrons. The van der Waals surface area contributed by atoms with Gasteiger partial charge < -0.3 is 9.84 Å². The van der Waals surface area contributed by atoms with Crippen molar-refractivity contribution in [3.05, 3.63) is 35.0 Å². The summed E-state index contributed by atoms with van der Waals surface area (Å²) in [5, 5.41) is 11.8. The third-order valence-corrected chi connectivity index (χ3v) is 3.58. The SMILES string of the molecule is Cc1cc(CNC2CCCc3c2cnn3C)on1. The summed E-state index contributed by atoms with van der Waals surface area (Å²) < 4.78 is 7.20. The number of nitrogens with zero attached hydrogens (tertiary/aromatic N) is 3. The van der Waals surface area contributed by atoms with Gasteiger partial charge in [-0.25, -0.2) is 0 Å². The van der Waals surface area contributed by atoms with Crippen molar-refractivity contribution in [1.29, 1.82) is 0 Å². The molecule has 2 aromatic rings. The number of aromatic nitrogens is 3. The molecule has 1 aliphatic rings. The van der Waals surface area contributed by atoms with Crippen molar-refractivity contribution < 1.29 is 4.52 Å². The van der Waals surface area contributed by atoms with Gasteiger partial charge in [-0.3, -0.25) is 4.68 Å². The van der Waals surface area contributed by atoms with Crippen molar-refractivity contribution in [2.45, 2.75) is 38.8 Å². The van der Waals surface area contributed by atoms with Gasteiger partial charge in [0.2, 0.25) is 0 Å². The van der Waals surface area contributed by atoms with Crippen LogP contribution in [0.1, 0.15) is 41.6 Å². The normalized spacial score (nSPS) is 18.9. The first-order valence-corrected chi connectivity index (χ1v) is 6.40. The van der Waals surface area contributed by atoms with E-state index in [2.05, 4.69) is 15.6 Å². The molecule has 5 nitrogen and oxygen atoms in total. The Labute approximate surface area is 106 Å². The highest BCUT2D eigenvalue weighted by Gasteiger charge is 2.23. The molecule has 0 aliphatic heterocycles. The fraction of sp³-hybridized carbons (Fsp3) is 0.538. The molecule has 0 aromatic carbocycles. The fourth-order valence-corrected chi connectivity index (χ4v) is 2.64. The molecule has 18 heavy (non-hydrogen) atoms. The molecule has 3 rings (SSSR count). The van der Waals surface area contributed by atoms with Gasteiger partial charge in [-0.2, -0.15) is 5.10 Å². The van der Waals surface area contributed by atoms with Gasteiger partial charge in [0.1, 0.15) is 0 Å². The Morgan fingerprint density at radius 2 is 2.44 bits per heavy atom. The molecule has 0 bridgehead atoms. The summed E-state index contributed by atoms with van der Waals surface area (Å²) in [6.45, 7) is 2.66. The lowest BCUT2D eigenvalue weighted by Crippen LogP contribution is -2.24. The first-order valence-electron chi connectivity index (χ1n) is 6.40. The van der Waals surface area contributed by atoms with Gasteiger partial charge in [0.15, 0.2) is 5.76 Å². The van der Waals surface area contributed by atoms with E-state index in [4.69, 9.17) is 4.52 Å². The number of nitrogens with one attached hydrogen (secondary N) is 1. The largest absolute Gasteiger partial charge is 0.360 e. The minimum absolute atomic E-state index is 0.382. The van der Waals surface area contributed by atoms with E-state index in [1.165, 1.54) is 17.7 Å². The maximum atomic E-state index is 5.22. The molecule has 0 spiro atoms. The number of hydrogen-bond donors (Lipinski definition) is 1. The van der Waals surface area contributed by atoms with Crippen LogP contribution in [0.5, 0.6) is 0 Å². The Bertz CT molecular complexity index is 543. The first kappa shape index (κ1) is 11.5. The van der Waals surface area contributed by atoms with Crippen LogP contribution in [0.15, 0.2) is 16.8 Å². The summed E-state index contributed by atoms with van der Waals surface area (Å²) >= 11 is 0. The number of rotatable bonds is 3. The molecule has 0 amide bonds. The van der Waals surface area contributed by atoms with Crippen LogP contribution in [-0.2, 0) is 20.0 Å². The van der Waals surface area contributed by atoms with Gasteiger partial charge in [0, 0.05) is 30.4 Å². The van der Waals surface area contributed by atoms with Gasteiger partial charge in [-0.1, -0.05) is 5.16 Å². The van der Waals surface area contributed by atoms with Crippen molar-refractivity contribution >= 4 is 0 Å². The number of aryl methyl sites for hydroxylation is 2. The molecule has 1 unspecified atom stereocenters. The predicted molar refractivity (Wildman–Crippen MR) is 67.0 cm³/mol.